The number of anilines is 1. The van der Waals surface area contributed by atoms with Gasteiger partial charge >= 0.3 is 5.69 Å². The number of carbonyl (C=O) groups is 3. The molecule has 0 bridgehead atoms. The number of fused-ring (bicyclic) bond motifs is 1. The number of aryl methyl sites for hydroxylation is 1. The van der Waals surface area contributed by atoms with Crippen LogP contribution in [0.25, 0.3) is 16.6 Å². The second-order valence-corrected chi connectivity index (χ2v) is 17.2. The Morgan fingerprint density at radius 3 is 2.52 bits per heavy atom. The van der Waals surface area contributed by atoms with Gasteiger partial charge in [0.15, 0.2) is 5.82 Å². The molecule has 0 spiro atoms. The minimum atomic E-state index is -3.02. The Hall–Kier alpha value is -5.97. The summed E-state index contributed by atoms with van der Waals surface area (Å²) in [5.41, 5.74) is 11.7. The molecule has 2 aromatic heterocycles. The van der Waals surface area contributed by atoms with Gasteiger partial charge in [-0.1, -0.05) is 17.9 Å². The Morgan fingerprint density at radius 2 is 1.83 bits per heavy atom. The van der Waals surface area contributed by atoms with Crippen LogP contribution in [0.5, 0.6) is 0 Å². The Morgan fingerprint density at radius 1 is 1.08 bits per heavy atom. The molecule has 4 fully saturated rings. The molecule has 17 nitrogen and oxygen atoms in total. The molecule has 7 rings (SSSR count). The predicted molar refractivity (Wildman–Crippen MR) is 234 cm³/mol. The van der Waals surface area contributed by atoms with Crippen molar-refractivity contribution >= 4 is 46.4 Å². The molecule has 63 heavy (non-hydrogen) atoms. The van der Waals surface area contributed by atoms with Crippen molar-refractivity contribution in [2.75, 3.05) is 63.9 Å². The lowest BCUT2D eigenvalue weighted by molar-refractivity contribution is -0.135. The van der Waals surface area contributed by atoms with Gasteiger partial charge in [0, 0.05) is 77.9 Å². The molecule has 3 aromatic rings. The van der Waals surface area contributed by atoms with Crippen LogP contribution in [-0.2, 0) is 26.2 Å². The van der Waals surface area contributed by atoms with Gasteiger partial charge in [-0.25, -0.2) is 23.5 Å². The second kappa shape index (κ2) is 19.6. The number of nitrogens with one attached hydrogen (secondary N) is 2. The second-order valence-electron chi connectivity index (χ2n) is 17.2. The monoisotopic (exact) mass is 870 g/mol. The van der Waals surface area contributed by atoms with Crippen molar-refractivity contribution in [3.8, 4) is 11.8 Å². The average molecular weight is 871 g/mol. The molecule has 3 saturated heterocycles. The van der Waals surface area contributed by atoms with E-state index in [1.165, 1.54) is 21.5 Å². The van der Waals surface area contributed by atoms with Gasteiger partial charge in [0.2, 0.25) is 11.8 Å². The molecule has 1 saturated carbocycles. The third-order valence-electron chi connectivity index (χ3n) is 12.2. The summed E-state index contributed by atoms with van der Waals surface area (Å²) in [6.07, 6.45) is 4.60. The maximum absolute atomic E-state index is 13.9. The fourth-order valence-electron chi connectivity index (χ4n) is 8.77. The molecule has 0 radical (unpaired) electrons. The number of piperazine rings is 1. The zero-order valence-corrected chi connectivity index (χ0v) is 36.0. The molecule has 1 atom stereocenters. The Kier molecular flexibility index (Phi) is 14.0. The number of aliphatic imine (C=N–C) groups is 1. The molecule has 1 aromatic carbocycles. The number of amides is 3. The highest BCUT2D eigenvalue weighted by atomic mass is 19.3. The number of para-hydroxylation sites is 1. The molecule has 6 N–H and O–H groups in total. The number of halogens is 2. The highest BCUT2D eigenvalue weighted by Gasteiger charge is 2.32. The number of alkyl halides is 2. The summed E-state index contributed by atoms with van der Waals surface area (Å²) < 4.78 is 36.5. The number of nitrogens with zero attached hydrogens (tertiary/aromatic N) is 8. The van der Waals surface area contributed by atoms with E-state index in [0.717, 1.165) is 64.6 Å². The molecule has 336 valence electrons. The Balaban J connectivity index is 0.886. The molecule has 1 unspecified atom stereocenters. The van der Waals surface area contributed by atoms with Crippen LogP contribution in [0.15, 0.2) is 57.8 Å². The number of rotatable bonds is 11. The van der Waals surface area contributed by atoms with Crippen LogP contribution in [-0.4, -0.2) is 130 Å². The number of hydrogen-bond acceptors (Lipinski definition) is 13. The van der Waals surface area contributed by atoms with E-state index in [2.05, 4.69) is 47.2 Å². The lowest BCUT2D eigenvalue weighted by Crippen LogP contribution is -2.48. The van der Waals surface area contributed by atoms with E-state index in [9.17, 15) is 28.0 Å². The number of morpholine rings is 1. The van der Waals surface area contributed by atoms with Crippen LogP contribution in [0.4, 0.5) is 14.6 Å². The third kappa shape index (κ3) is 10.6. The largest absolute Gasteiger partial charge is 0.404 e. The van der Waals surface area contributed by atoms with E-state index in [1.807, 2.05) is 30.9 Å². The molecule has 1 aliphatic carbocycles. The molecule has 5 heterocycles. The third-order valence-corrected chi connectivity index (χ3v) is 12.2. The number of carbonyl (C=O) groups excluding carboxylic acids is 3. The normalized spacial score (nSPS) is 23.1. The number of piperidine rings is 1. The van der Waals surface area contributed by atoms with Crippen LogP contribution in [0.1, 0.15) is 69.8 Å². The summed E-state index contributed by atoms with van der Waals surface area (Å²) in [6.45, 7) is 10.7. The van der Waals surface area contributed by atoms with E-state index >= 15 is 0 Å². The quantitative estimate of drug-likeness (QED) is 0.0943. The maximum Gasteiger partial charge on any atom is 0.329 e. The highest BCUT2D eigenvalue weighted by Crippen LogP contribution is 2.29. The first kappa shape index (κ1) is 45.1. The van der Waals surface area contributed by atoms with Crippen LogP contribution in [0.2, 0.25) is 0 Å². The van der Waals surface area contributed by atoms with Gasteiger partial charge in [-0.15, -0.1) is 0 Å². The smallest absolute Gasteiger partial charge is 0.329 e. The Labute approximate surface area is 364 Å². The number of imidazole rings is 1. The van der Waals surface area contributed by atoms with Gasteiger partial charge in [0.25, 0.3) is 12.3 Å². The predicted octanol–water partition coefficient (Wildman–Crippen LogP) is 1.87. The zero-order valence-electron chi connectivity index (χ0n) is 36.0. The molecular weight excluding hydrogens is 815 g/mol. The molecule has 3 aliphatic heterocycles. The van der Waals surface area contributed by atoms with E-state index < -0.39 is 35.6 Å². The van der Waals surface area contributed by atoms with E-state index in [0.29, 0.717) is 54.6 Å². The molecule has 3 amide bonds. The van der Waals surface area contributed by atoms with Gasteiger partial charge in [-0.2, -0.15) is 0 Å². The summed E-state index contributed by atoms with van der Waals surface area (Å²) in [5.74, 6) is 6.04. The summed E-state index contributed by atoms with van der Waals surface area (Å²) in [7, 11) is 1.67. The van der Waals surface area contributed by atoms with Crippen LogP contribution >= 0.6 is 0 Å². The number of imide groups is 1. The number of allylic oxidation sites excluding steroid dienone is 2. The van der Waals surface area contributed by atoms with Crippen LogP contribution < -0.4 is 32.7 Å². The maximum atomic E-state index is 13.9. The summed E-state index contributed by atoms with van der Waals surface area (Å²) in [6, 6.07) is 6.35. The van der Waals surface area contributed by atoms with Gasteiger partial charge in [0.1, 0.15) is 17.6 Å². The fraction of sp³-hybridized carbons (Fsp3) is 0.523. The van der Waals surface area contributed by atoms with Crippen molar-refractivity contribution in [1.29, 1.82) is 0 Å². The zero-order chi connectivity index (χ0) is 44.8. The van der Waals surface area contributed by atoms with Gasteiger partial charge in [0.05, 0.1) is 52.7 Å². The lowest BCUT2D eigenvalue weighted by atomic mass is 9.86. The first-order chi connectivity index (χ1) is 30.2. The van der Waals surface area contributed by atoms with Gasteiger partial charge in [-0.05, 0) is 70.1 Å². The van der Waals surface area contributed by atoms with Crippen LogP contribution in [0.3, 0.4) is 0 Å². The number of nitrogens with two attached hydrogens (primary N) is 2. The Bertz CT molecular complexity index is 2420. The number of aromatic nitrogens is 4. The number of ether oxygens (including phenoxy) is 1. The number of hydrogen-bond donors (Lipinski definition) is 4. The minimum Gasteiger partial charge on any atom is -0.404 e. The van der Waals surface area contributed by atoms with Crippen molar-refractivity contribution in [2.45, 2.75) is 76.5 Å². The van der Waals surface area contributed by atoms with E-state index in [1.54, 1.807) is 19.2 Å². The van der Waals surface area contributed by atoms with E-state index in [-0.39, 0.29) is 47.6 Å². The fourth-order valence-corrected chi connectivity index (χ4v) is 8.77. The van der Waals surface area contributed by atoms with Crippen LogP contribution in [0, 0.1) is 17.8 Å². The van der Waals surface area contributed by atoms with Gasteiger partial charge < -0.3 is 31.3 Å². The van der Waals surface area contributed by atoms with Crippen molar-refractivity contribution in [2.24, 2.45) is 29.4 Å². The summed E-state index contributed by atoms with van der Waals surface area (Å²) in [5, 5.41) is 4.83. The van der Waals surface area contributed by atoms with Crippen molar-refractivity contribution in [3.63, 3.8) is 0 Å². The topological polar surface area (TPSA) is 211 Å². The summed E-state index contributed by atoms with van der Waals surface area (Å²) >= 11 is 0. The SMILES string of the molecule is Cn1c(=O)n(C2CCC(=O)NC2=O)c2cccc(C#CCN3CCN(CC4CCC(N=C/C(NC(=O)/C(=C/N)c5nccc(N6CCOC(C)(C)C6)n5)=C(\N)C(F)F)CC4)CC3)c21. The summed E-state index contributed by atoms with van der Waals surface area (Å²) in [4.78, 5) is 71.2. The molecule has 19 heteroatoms. The van der Waals surface area contributed by atoms with Crippen molar-refractivity contribution in [3.05, 3.63) is 69.9 Å². The van der Waals surface area contributed by atoms with Crippen molar-refractivity contribution < 1.29 is 27.9 Å². The minimum absolute atomic E-state index is 0.0404. The molecule has 4 aliphatic rings. The standard InChI is InChI=1S/C44H56F2N12O5/c1-44(2)27-57(22-23-63-44)35-15-16-49-40(52-35)31(24-47)41(60)51-32(37(48)39(45)46)25-50-30-11-9-28(10-12-30)26-56-20-18-55(19-21-56)17-5-7-29-6-4-8-33-38(29)54(3)43(62)58(33)34-13-14-36(59)53-42(34)61/h4,6,8,15-16,24-25,28,30,34,39H,9-14,17-23,26-27,47-48H2,1-3H3,(H,51,60)(H,53,59,61)/b31-24+,37-32+,50-25?. The molecular formula is C44H56F2N12O5. The van der Waals surface area contributed by atoms with Crippen molar-refractivity contribution in [1.82, 2.24) is 39.5 Å². The first-order valence-corrected chi connectivity index (χ1v) is 21.4. The number of benzene rings is 1. The average Bonchev–Trinajstić information content (AvgIpc) is 3.52. The lowest BCUT2D eigenvalue weighted by Gasteiger charge is -2.38. The van der Waals surface area contributed by atoms with E-state index in [4.69, 9.17) is 16.2 Å². The first-order valence-electron chi connectivity index (χ1n) is 21.4. The highest BCUT2D eigenvalue weighted by molar-refractivity contribution is 6.19. The van der Waals surface area contributed by atoms with Gasteiger partial charge in [-0.3, -0.25) is 38.7 Å².